The predicted molar refractivity (Wildman–Crippen MR) is 52.0 cm³/mol. The monoisotopic (exact) mass is 235 g/mol. The van der Waals surface area contributed by atoms with Gasteiger partial charge in [-0.2, -0.15) is 13.2 Å². The van der Waals surface area contributed by atoms with Crippen molar-refractivity contribution in [3.63, 3.8) is 0 Å². The molecule has 0 bridgehead atoms. The largest absolute Gasteiger partial charge is 0.508 e. The highest BCUT2D eigenvalue weighted by Crippen LogP contribution is 2.41. The second-order valence-corrected chi connectivity index (χ2v) is 3.41. The van der Waals surface area contributed by atoms with Gasteiger partial charge in [-0.15, -0.1) is 0 Å². The lowest BCUT2D eigenvalue weighted by Crippen LogP contribution is -2.49. The molecular formula is C10H12F3NO2. The molecule has 0 aliphatic rings. The first-order valence-corrected chi connectivity index (χ1v) is 4.55. The summed E-state index contributed by atoms with van der Waals surface area (Å²) < 4.78 is 38.3. The molecule has 0 fully saturated rings. The number of aromatic hydroxyl groups is 1. The van der Waals surface area contributed by atoms with Gasteiger partial charge in [0.2, 0.25) is 5.60 Å². The van der Waals surface area contributed by atoms with Crippen molar-refractivity contribution in [3.8, 4) is 5.75 Å². The van der Waals surface area contributed by atoms with Crippen molar-refractivity contribution in [2.75, 3.05) is 13.6 Å². The fraction of sp³-hybridized carbons (Fsp3) is 0.400. The van der Waals surface area contributed by atoms with Gasteiger partial charge < -0.3 is 15.5 Å². The number of halogens is 3. The van der Waals surface area contributed by atoms with E-state index in [0.29, 0.717) is 0 Å². The molecule has 16 heavy (non-hydrogen) atoms. The maximum atomic E-state index is 12.8. The minimum absolute atomic E-state index is 0.558. The SMILES string of the molecule is CNCC(O)(c1ccccc1O)C(F)(F)F. The van der Waals surface area contributed by atoms with Crippen LogP contribution in [0.4, 0.5) is 13.2 Å². The highest BCUT2D eigenvalue weighted by atomic mass is 19.4. The summed E-state index contributed by atoms with van der Waals surface area (Å²) in [7, 11) is 1.29. The van der Waals surface area contributed by atoms with Gasteiger partial charge >= 0.3 is 6.18 Å². The number of phenols is 1. The van der Waals surface area contributed by atoms with Gasteiger partial charge in [-0.3, -0.25) is 0 Å². The molecule has 3 nitrogen and oxygen atoms in total. The van der Waals surface area contributed by atoms with Crippen LogP contribution < -0.4 is 5.32 Å². The summed E-state index contributed by atoms with van der Waals surface area (Å²) in [6.45, 7) is -0.728. The molecule has 0 aliphatic carbocycles. The van der Waals surface area contributed by atoms with E-state index in [-0.39, 0.29) is 0 Å². The van der Waals surface area contributed by atoms with Gasteiger partial charge in [0, 0.05) is 12.1 Å². The Hall–Kier alpha value is -1.27. The number of phenolic OH excluding ortho intramolecular Hbond substituents is 1. The van der Waals surface area contributed by atoms with Crippen molar-refractivity contribution in [1.82, 2.24) is 5.32 Å². The first-order valence-electron chi connectivity index (χ1n) is 4.55. The van der Waals surface area contributed by atoms with E-state index in [1.54, 1.807) is 0 Å². The fourth-order valence-electron chi connectivity index (χ4n) is 1.43. The Morgan fingerprint density at radius 1 is 1.25 bits per heavy atom. The van der Waals surface area contributed by atoms with Crippen LogP contribution in [-0.2, 0) is 5.60 Å². The van der Waals surface area contributed by atoms with E-state index in [1.165, 1.54) is 19.2 Å². The van der Waals surface area contributed by atoms with Crippen molar-refractivity contribution in [3.05, 3.63) is 29.8 Å². The van der Waals surface area contributed by atoms with E-state index >= 15 is 0 Å². The summed E-state index contributed by atoms with van der Waals surface area (Å²) in [5.41, 5.74) is -3.65. The fourth-order valence-corrected chi connectivity index (χ4v) is 1.43. The van der Waals surface area contributed by atoms with Gasteiger partial charge in [0.05, 0.1) is 0 Å². The number of hydrogen-bond donors (Lipinski definition) is 3. The lowest BCUT2D eigenvalue weighted by molar-refractivity contribution is -0.264. The van der Waals surface area contributed by atoms with E-state index in [9.17, 15) is 23.4 Å². The molecule has 1 atom stereocenters. The second-order valence-electron chi connectivity index (χ2n) is 3.41. The third-order valence-electron chi connectivity index (χ3n) is 2.25. The molecule has 1 aromatic rings. The van der Waals surface area contributed by atoms with Crippen molar-refractivity contribution in [2.45, 2.75) is 11.8 Å². The van der Waals surface area contributed by atoms with Crippen LogP contribution in [0.25, 0.3) is 0 Å². The zero-order chi connectivity index (χ0) is 12.4. The number of alkyl halides is 3. The molecule has 1 rings (SSSR count). The topological polar surface area (TPSA) is 52.5 Å². The third-order valence-corrected chi connectivity index (χ3v) is 2.25. The molecule has 0 spiro atoms. The zero-order valence-electron chi connectivity index (χ0n) is 8.54. The van der Waals surface area contributed by atoms with Crippen LogP contribution in [0.1, 0.15) is 5.56 Å². The van der Waals surface area contributed by atoms with Gasteiger partial charge in [0.25, 0.3) is 0 Å². The normalized spacial score (nSPS) is 15.8. The van der Waals surface area contributed by atoms with Crippen molar-refractivity contribution < 1.29 is 23.4 Å². The van der Waals surface area contributed by atoms with E-state index in [4.69, 9.17) is 0 Å². The molecule has 1 aromatic carbocycles. The van der Waals surface area contributed by atoms with Crippen LogP contribution in [0.5, 0.6) is 5.75 Å². The standard InChI is InChI=1S/C10H12F3NO2/c1-14-6-9(16,10(11,12)13)7-4-2-3-5-8(7)15/h2-5,14-16H,6H2,1H3. The summed E-state index contributed by atoms with van der Waals surface area (Å²) in [6.07, 6.45) is -4.87. The van der Waals surface area contributed by atoms with Gasteiger partial charge in [-0.1, -0.05) is 18.2 Å². The molecule has 0 aromatic heterocycles. The molecule has 3 N–H and O–H groups in total. The molecule has 1 unspecified atom stereocenters. The van der Waals surface area contributed by atoms with Crippen LogP contribution in [0.3, 0.4) is 0 Å². The maximum Gasteiger partial charge on any atom is 0.422 e. The van der Waals surface area contributed by atoms with Crippen LogP contribution in [-0.4, -0.2) is 30.0 Å². The molecule has 0 amide bonds. The smallest absolute Gasteiger partial charge is 0.422 e. The van der Waals surface area contributed by atoms with Crippen LogP contribution in [0.2, 0.25) is 0 Å². The summed E-state index contributed by atoms with van der Waals surface area (Å²) in [6, 6.07) is 4.85. The Bertz CT molecular complexity index is 367. The molecular weight excluding hydrogens is 223 g/mol. The summed E-state index contributed by atoms with van der Waals surface area (Å²) in [5, 5.41) is 21.3. The molecule has 90 valence electrons. The molecule has 0 saturated carbocycles. The lowest BCUT2D eigenvalue weighted by atomic mass is 9.92. The second kappa shape index (κ2) is 4.31. The maximum absolute atomic E-state index is 12.8. The quantitative estimate of drug-likeness (QED) is 0.741. The summed E-state index contributed by atoms with van der Waals surface area (Å²) >= 11 is 0. The number of likely N-dealkylation sites (N-methyl/N-ethyl adjacent to an activating group) is 1. The first kappa shape index (κ1) is 12.8. The molecule has 0 radical (unpaired) electrons. The predicted octanol–water partition coefficient (Wildman–Crippen LogP) is 1.36. The van der Waals surface area contributed by atoms with Crippen molar-refractivity contribution in [1.29, 1.82) is 0 Å². The Labute approximate surface area is 90.5 Å². The Morgan fingerprint density at radius 3 is 2.25 bits per heavy atom. The van der Waals surface area contributed by atoms with E-state index in [1.807, 2.05) is 0 Å². The molecule has 0 aliphatic heterocycles. The highest BCUT2D eigenvalue weighted by molar-refractivity contribution is 5.38. The van der Waals surface area contributed by atoms with Gasteiger partial charge in [-0.25, -0.2) is 0 Å². The van der Waals surface area contributed by atoms with Crippen molar-refractivity contribution in [2.24, 2.45) is 0 Å². The Morgan fingerprint density at radius 2 is 1.81 bits per heavy atom. The minimum Gasteiger partial charge on any atom is -0.508 e. The minimum atomic E-state index is -4.87. The van der Waals surface area contributed by atoms with E-state index in [2.05, 4.69) is 5.32 Å². The van der Waals surface area contributed by atoms with E-state index < -0.39 is 29.6 Å². The lowest BCUT2D eigenvalue weighted by Gasteiger charge is -2.31. The highest BCUT2D eigenvalue weighted by Gasteiger charge is 2.55. The van der Waals surface area contributed by atoms with Crippen LogP contribution in [0, 0.1) is 0 Å². The summed E-state index contributed by atoms with van der Waals surface area (Å²) in [4.78, 5) is 0. The van der Waals surface area contributed by atoms with Gasteiger partial charge in [0.15, 0.2) is 0 Å². The number of rotatable bonds is 3. The number of hydrogen-bond acceptors (Lipinski definition) is 3. The van der Waals surface area contributed by atoms with Gasteiger partial charge in [-0.05, 0) is 13.1 Å². The molecule has 0 heterocycles. The number of benzene rings is 1. The average Bonchev–Trinajstić information content (AvgIpc) is 2.16. The summed E-state index contributed by atoms with van der Waals surface area (Å²) in [5.74, 6) is -0.586. The Kier molecular flexibility index (Phi) is 3.44. The molecule has 0 saturated heterocycles. The van der Waals surface area contributed by atoms with Crippen molar-refractivity contribution >= 4 is 0 Å². The molecule has 6 heteroatoms. The number of aliphatic hydroxyl groups is 1. The average molecular weight is 235 g/mol. The van der Waals surface area contributed by atoms with E-state index in [0.717, 1.165) is 12.1 Å². The van der Waals surface area contributed by atoms with Crippen LogP contribution in [0.15, 0.2) is 24.3 Å². The van der Waals surface area contributed by atoms with Crippen LogP contribution >= 0.6 is 0 Å². The third kappa shape index (κ3) is 2.12. The zero-order valence-corrected chi connectivity index (χ0v) is 8.54. The Balaban J connectivity index is 3.28. The number of nitrogens with one attached hydrogen (secondary N) is 1. The first-order chi connectivity index (χ1) is 7.33. The number of para-hydroxylation sites is 1. The van der Waals surface area contributed by atoms with Gasteiger partial charge in [0.1, 0.15) is 5.75 Å².